The molecule has 2 rings (SSSR count). The maximum atomic E-state index is 12.6. The number of aryl methyl sites for hydroxylation is 1. The summed E-state index contributed by atoms with van der Waals surface area (Å²) in [6, 6.07) is 5.05. The van der Waals surface area contributed by atoms with Crippen LogP contribution in [0.4, 0.5) is 8.78 Å². The molecule has 0 amide bonds. The molecule has 1 aromatic carbocycles. The molecule has 0 saturated carbocycles. The number of rotatable bonds is 8. The molecule has 0 aromatic heterocycles. The Labute approximate surface area is 182 Å². The maximum Gasteiger partial charge on any atom is 0.387 e. The molecule has 0 bridgehead atoms. The van der Waals surface area contributed by atoms with Crippen LogP contribution in [0.25, 0.3) is 0 Å². The Kier molecular flexibility index (Phi) is 11.0. The van der Waals surface area contributed by atoms with Gasteiger partial charge in [0.25, 0.3) is 0 Å². The summed E-state index contributed by atoms with van der Waals surface area (Å²) in [5.41, 5.74) is 1.30. The van der Waals surface area contributed by atoms with Crippen molar-refractivity contribution in [3.05, 3.63) is 29.3 Å². The standard InChI is InChI=1S/C19H29F2N3O3.HI/c1-3-22-18(24-12-19(13-25)6-8-26-9-7-19)23-11-15-10-14(2)4-5-16(15)27-17(20)21;/h4-5,10,17,25H,3,6-9,11-13H2,1-2H3,(H2,22,23,24);1H. The fourth-order valence-corrected chi connectivity index (χ4v) is 3.02. The Morgan fingerprint density at radius 1 is 1.32 bits per heavy atom. The number of alkyl halides is 2. The minimum atomic E-state index is -2.88. The predicted octanol–water partition coefficient (Wildman–Crippen LogP) is 3.06. The van der Waals surface area contributed by atoms with Gasteiger partial charge in [-0.05, 0) is 32.8 Å². The molecular weight excluding hydrogens is 483 g/mol. The molecule has 28 heavy (non-hydrogen) atoms. The summed E-state index contributed by atoms with van der Waals surface area (Å²) in [5, 5.41) is 16.2. The largest absolute Gasteiger partial charge is 0.434 e. The predicted molar refractivity (Wildman–Crippen MR) is 116 cm³/mol. The van der Waals surface area contributed by atoms with Gasteiger partial charge in [-0.1, -0.05) is 17.7 Å². The molecule has 0 radical (unpaired) electrons. The molecule has 1 aliphatic rings. The molecule has 0 unspecified atom stereocenters. The Morgan fingerprint density at radius 3 is 2.64 bits per heavy atom. The average molecular weight is 513 g/mol. The zero-order valence-corrected chi connectivity index (χ0v) is 18.7. The summed E-state index contributed by atoms with van der Waals surface area (Å²) in [7, 11) is 0. The second kappa shape index (κ2) is 12.4. The highest BCUT2D eigenvalue weighted by molar-refractivity contribution is 14.0. The molecule has 0 spiro atoms. The quantitative estimate of drug-likeness (QED) is 0.283. The van der Waals surface area contributed by atoms with Crippen LogP contribution in [0.15, 0.2) is 23.2 Å². The molecule has 1 saturated heterocycles. The van der Waals surface area contributed by atoms with Crippen molar-refractivity contribution in [2.45, 2.75) is 39.8 Å². The second-order valence-corrected chi connectivity index (χ2v) is 6.81. The lowest BCUT2D eigenvalue weighted by Crippen LogP contribution is -2.47. The molecule has 3 N–H and O–H groups in total. The smallest absolute Gasteiger partial charge is 0.387 e. The number of hydrogen-bond donors (Lipinski definition) is 3. The molecular formula is C19H30F2IN3O3. The Morgan fingerprint density at radius 2 is 2.04 bits per heavy atom. The molecule has 0 atom stereocenters. The molecule has 1 aliphatic heterocycles. The third-order valence-corrected chi connectivity index (χ3v) is 4.70. The van der Waals surface area contributed by atoms with Gasteiger partial charge in [0.1, 0.15) is 5.75 Å². The van der Waals surface area contributed by atoms with E-state index in [0.29, 0.717) is 37.8 Å². The van der Waals surface area contributed by atoms with Crippen molar-refractivity contribution < 1.29 is 23.4 Å². The highest BCUT2D eigenvalue weighted by atomic mass is 127. The SMILES string of the molecule is CCNC(=NCc1cc(C)ccc1OC(F)F)NCC1(CO)CCOCC1.I. The highest BCUT2D eigenvalue weighted by Crippen LogP contribution is 2.29. The lowest BCUT2D eigenvalue weighted by atomic mass is 9.81. The van der Waals surface area contributed by atoms with Gasteiger partial charge in [0.05, 0.1) is 13.2 Å². The van der Waals surface area contributed by atoms with Gasteiger partial charge < -0.3 is 25.2 Å². The van der Waals surface area contributed by atoms with Crippen LogP contribution in [-0.4, -0.2) is 50.6 Å². The summed E-state index contributed by atoms with van der Waals surface area (Å²) in [4.78, 5) is 4.50. The summed E-state index contributed by atoms with van der Waals surface area (Å²) in [6.45, 7) is 3.73. The topological polar surface area (TPSA) is 75.1 Å². The van der Waals surface area contributed by atoms with E-state index in [2.05, 4.69) is 20.4 Å². The molecule has 6 nitrogen and oxygen atoms in total. The second-order valence-electron chi connectivity index (χ2n) is 6.81. The van der Waals surface area contributed by atoms with E-state index >= 15 is 0 Å². The number of aliphatic imine (C=N–C) groups is 1. The van der Waals surface area contributed by atoms with Crippen molar-refractivity contribution in [1.82, 2.24) is 10.6 Å². The fourth-order valence-electron chi connectivity index (χ4n) is 3.02. The Hall–Kier alpha value is -1.20. The first-order valence-corrected chi connectivity index (χ1v) is 9.23. The van der Waals surface area contributed by atoms with Crippen molar-refractivity contribution in [3.63, 3.8) is 0 Å². The first-order valence-electron chi connectivity index (χ1n) is 9.23. The number of nitrogens with one attached hydrogen (secondary N) is 2. The van der Waals surface area contributed by atoms with Crippen molar-refractivity contribution in [2.24, 2.45) is 10.4 Å². The van der Waals surface area contributed by atoms with E-state index in [1.54, 1.807) is 12.1 Å². The van der Waals surface area contributed by atoms with Crippen molar-refractivity contribution in [1.29, 1.82) is 0 Å². The number of ether oxygens (including phenoxy) is 2. The molecule has 1 fully saturated rings. The van der Waals surface area contributed by atoms with Gasteiger partial charge in [-0.15, -0.1) is 24.0 Å². The third kappa shape index (κ3) is 7.67. The van der Waals surface area contributed by atoms with E-state index in [1.165, 1.54) is 6.07 Å². The first-order chi connectivity index (χ1) is 13.0. The lowest BCUT2D eigenvalue weighted by Gasteiger charge is -2.36. The first kappa shape index (κ1) is 24.8. The van der Waals surface area contributed by atoms with Crippen LogP contribution in [0.3, 0.4) is 0 Å². The lowest BCUT2D eigenvalue weighted by molar-refractivity contribution is -0.0504. The van der Waals surface area contributed by atoms with Gasteiger partial charge in [-0.2, -0.15) is 8.78 Å². The number of guanidine groups is 1. The number of aliphatic hydroxyl groups excluding tert-OH is 1. The minimum Gasteiger partial charge on any atom is -0.434 e. The van der Waals surface area contributed by atoms with Crippen molar-refractivity contribution in [3.8, 4) is 5.75 Å². The number of benzene rings is 1. The van der Waals surface area contributed by atoms with Crippen LogP contribution in [0, 0.1) is 12.3 Å². The molecule has 1 heterocycles. The zero-order chi connectivity index (χ0) is 19.7. The number of aliphatic hydroxyl groups is 1. The third-order valence-electron chi connectivity index (χ3n) is 4.70. The van der Waals surface area contributed by atoms with Gasteiger partial charge in [0, 0.05) is 37.3 Å². The van der Waals surface area contributed by atoms with E-state index in [4.69, 9.17) is 4.74 Å². The zero-order valence-electron chi connectivity index (χ0n) is 16.3. The normalized spacial score (nSPS) is 16.4. The van der Waals surface area contributed by atoms with Gasteiger partial charge in [-0.25, -0.2) is 4.99 Å². The average Bonchev–Trinajstić information content (AvgIpc) is 2.66. The highest BCUT2D eigenvalue weighted by Gasteiger charge is 2.32. The van der Waals surface area contributed by atoms with Crippen LogP contribution >= 0.6 is 24.0 Å². The fraction of sp³-hybridized carbons (Fsp3) is 0.632. The van der Waals surface area contributed by atoms with E-state index in [1.807, 2.05) is 13.8 Å². The Balaban J connectivity index is 0.00000392. The van der Waals surface area contributed by atoms with E-state index < -0.39 is 6.61 Å². The monoisotopic (exact) mass is 513 g/mol. The van der Waals surface area contributed by atoms with E-state index in [0.717, 1.165) is 18.4 Å². The van der Waals surface area contributed by atoms with Crippen molar-refractivity contribution in [2.75, 3.05) is 32.9 Å². The van der Waals surface area contributed by atoms with Gasteiger partial charge >= 0.3 is 6.61 Å². The number of halogens is 3. The molecule has 1 aromatic rings. The van der Waals surface area contributed by atoms with Gasteiger partial charge in [0.2, 0.25) is 0 Å². The van der Waals surface area contributed by atoms with Crippen LogP contribution in [0.1, 0.15) is 30.9 Å². The summed E-state index contributed by atoms with van der Waals surface area (Å²) >= 11 is 0. The van der Waals surface area contributed by atoms with Crippen LogP contribution in [0.2, 0.25) is 0 Å². The number of nitrogens with zero attached hydrogens (tertiary/aromatic N) is 1. The maximum absolute atomic E-state index is 12.6. The van der Waals surface area contributed by atoms with Gasteiger partial charge in [-0.3, -0.25) is 0 Å². The summed E-state index contributed by atoms with van der Waals surface area (Å²) in [6.07, 6.45) is 1.56. The minimum absolute atomic E-state index is 0. The van der Waals surface area contributed by atoms with Crippen molar-refractivity contribution >= 4 is 29.9 Å². The van der Waals surface area contributed by atoms with E-state index in [-0.39, 0.29) is 48.3 Å². The van der Waals surface area contributed by atoms with Crippen LogP contribution < -0.4 is 15.4 Å². The summed E-state index contributed by atoms with van der Waals surface area (Å²) in [5.74, 6) is 0.702. The number of hydrogen-bond acceptors (Lipinski definition) is 4. The van der Waals surface area contributed by atoms with Crippen LogP contribution in [-0.2, 0) is 11.3 Å². The molecule has 0 aliphatic carbocycles. The Bertz CT molecular complexity index is 626. The van der Waals surface area contributed by atoms with Crippen LogP contribution in [0.5, 0.6) is 5.75 Å². The van der Waals surface area contributed by atoms with Gasteiger partial charge in [0.15, 0.2) is 5.96 Å². The molecule has 9 heteroatoms. The van der Waals surface area contributed by atoms with E-state index in [9.17, 15) is 13.9 Å². The summed E-state index contributed by atoms with van der Waals surface area (Å²) < 4.78 is 35.2. The molecule has 160 valence electrons.